The minimum Gasteiger partial charge on any atom is -0.495 e. The van der Waals surface area contributed by atoms with E-state index in [1.165, 1.54) is 56.9 Å². The van der Waals surface area contributed by atoms with Crippen LogP contribution in [0.4, 0.5) is 0 Å². The van der Waals surface area contributed by atoms with Crippen molar-refractivity contribution in [3.8, 4) is 46.0 Å². The van der Waals surface area contributed by atoms with E-state index >= 15 is 0 Å². The predicted octanol–water partition coefficient (Wildman–Crippen LogP) is 11.2. The molecule has 0 atom stereocenters. The second-order valence-electron chi connectivity index (χ2n) is 18.0. The zero-order valence-corrected chi connectivity index (χ0v) is 49.1. The van der Waals surface area contributed by atoms with Gasteiger partial charge in [0.2, 0.25) is 0 Å². The summed E-state index contributed by atoms with van der Waals surface area (Å²) in [5.41, 5.74) is 8.77. The van der Waals surface area contributed by atoms with Gasteiger partial charge in [0, 0.05) is 66.3 Å². The summed E-state index contributed by atoms with van der Waals surface area (Å²) in [4.78, 5) is 55.1. The number of hydrogen-bond donors (Lipinski definition) is 0. The highest BCUT2D eigenvalue weighted by Gasteiger charge is 2.33. The maximum absolute atomic E-state index is 14.3. The van der Waals surface area contributed by atoms with Gasteiger partial charge < -0.3 is 66.3 Å². The molecule has 0 unspecified atom stereocenters. The summed E-state index contributed by atoms with van der Waals surface area (Å²) in [5.74, 6) is -0.503. The lowest BCUT2D eigenvalue weighted by Crippen LogP contribution is -2.23. The molecule has 0 aliphatic rings. The van der Waals surface area contributed by atoms with E-state index in [1.807, 2.05) is 32.0 Å². The van der Waals surface area contributed by atoms with Gasteiger partial charge in [-0.25, -0.2) is 19.2 Å². The van der Waals surface area contributed by atoms with E-state index < -0.39 is 36.8 Å². The number of esters is 4. The van der Waals surface area contributed by atoms with Crippen LogP contribution in [0.25, 0.3) is 0 Å². The standard InChI is InChI=1S/C58H69BrO18/c1-26-30(5)45(34(9)49(64-13)40(26)53(60)74-47-32(7)28(3)42(51(66-15)36(47)11)55(62)76-57(68-17)69-18)72-24-38-22-21-23-39(44(38)59)25-73-46-31(6)27(2)41(50(65-14)35(46)10)54(61)75-48-33(8)29(4)43(52(67-16)37(48)12)56(63)77-58(70-19)71-20/h21-23,57-58H,24-25H2,1-20H3. The first-order chi connectivity index (χ1) is 36.5. The predicted molar refractivity (Wildman–Crippen MR) is 288 cm³/mol. The topological polar surface area (TPSA) is 197 Å². The largest absolute Gasteiger partial charge is 0.495 e. The van der Waals surface area contributed by atoms with Crippen molar-refractivity contribution in [3.05, 3.63) is 123 Å². The van der Waals surface area contributed by atoms with E-state index in [-0.39, 0.29) is 70.0 Å². The highest BCUT2D eigenvalue weighted by molar-refractivity contribution is 9.10. The van der Waals surface area contributed by atoms with Crippen LogP contribution in [0, 0.1) is 83.1 Å². The number of hydrogen-bond acceptors (Lipinski definition) is 18. The van der Waals surface area contributed by atoms with Gasteiger partial charge in [-0.15, -0.1) is 0 Å². The molecule has 0 radical (unpaired) electrons. The molecule has 0 fully saturated rings. The SMILES string of the molecule is COc1c(C)c(OCc2cccc(COc3c(C)c(C)c(C(=O)Oc4c(C)c(C)c(C(=O)OC(OC)OC)c(OC)c4C)c(OC)c3C)c2Br)c(C)c(C)c1C(=O)Oc1c(C)c(C)c(C(=O)OC(OC)OC)c(OC)c1C. The Balaban J connectivity index is 1.39. The lowest BCUT2D eigenvalue weighted by Gasteiger charge is -2.23. The fraction of sp³-hybridized carbons (Fsp3) is 0.414. The van der Waals surface area contributed by atoms with Gasteiger partial charge in [-0.1, -0.05) is 18.2 Å². The van der Waals surface area contributed by atoms with Gasteiger partial charge >= 0.3 is 36.8 Å². The zero-order chi connectivity index (χ0) is 57.5. The minimum atomic E-state index is -1.24. The first-order valence-corrected chi connectivity index (χ1v) is 25.0. The third-order valence-electron chi connectivity index (χ3n) is 13.8. The van der Waals surface area contributed by atoms with Crippen molar-refractivity contribution in [2.24, 2.45) is 0 Å². The first kappa shape index (κ1) is 61.0. The van der Waals surface area contributed by atoms with E-state index in [4.69, 9.17) is 66.3 Å². The number of carbonyl (C=O) groups is 4. The summed E-state index contributed by atoms with van der Waals surface area (Å²) in [6.45, 7) is 18.9. The Morgan fingerprint density at radius 3 is 0.896 bits per heavy atom. The molecule has 0 aromatic heterocycles. The maximum Gasteiger partial charge on any atom is 0.347 e. The second-order valence-corrected chi connectivity index (χ2v) is 18.8. The Morgan fingerprint density at radius 2 is 0.623 bits per heavy atom. The first-order valence-electron chi connectivity index (χ1n) is 24.2. The third-order valence-corrected chi connectivity index (χ3v) is 14.9. The molecular weight excluding hydrogens is 1060 g/mol. The van der Waals surface area contributed by atoms with E-state index in [9.17, 15) is 19.2 Å². The number of benzene rings is 5. The summed E-state index contributed by atoms with van der Waals surface area (Å²) < 4.78 is 80.1. The normalized spacial score (nSPS) is 11.2. The molecule has 0 spiro atoms. The Morgan fingerprint density at radius 1 is 0.364 bits per heavy atom. The molecule has 18 nitrogen and oxygen atoms in total. The van der Waals surface area contributed by atoms with Gasteiger partial charge in [-0.05, 0) is 144 Å². The maximum atomic E-state index is 14.3. The summed E-state index contributed by atoms with van der Waals surface area (Å²) in [5, 5.41) is 0. The van der Waals surface area contributed by atoms with Crippen molar-refractivity contribution in [2.75, 3.05) is 56.9 Å². The third kappa shape index (κ3) is 12.0. The second kappa shape index (κ2) is 26.0. The molecule has 19 heteroatoms. The Hall–Kier alpha value is -6.90. The average Bonchev–Trinajstić information content (AvgIpc) is 3.41. The average molecular weight is 1130 g/mol. The molecule has 0 aliphatic carbocycles. The van der Waals surface area contributed by atoms with Gasteiger partial charge in [-0.2, -0.15) is 0 Å². The van der Waals surface area contributed by atoms with Crippen LogP contribution in [0.2, 0.25) is 0 Å². The van der Waals surface area contributed by atoms with Gasteiger partial charge in [0.25, 0.3) is 0 Å². The van der Waals surface area contributed by atoms with Crippen LogP contribution >= 0.6 is 15.9 Å². The monoisotopic (exact) mass is 1130 g/mol. The zero-order valence-electron chi connectivity index (χ0n) is 47.5. The molecule has 0 bridgehead atoms. The fourth-order valence-electron chi connectivity index (χ4n) is 9.26. The molecule has 0 aliphatic heterocycles. The molecule has 5 rings (SSSR count). The van der Waals surface area contributed by atoms with Crippen LogP contribution in [0.3, 0.4) is 0 Å². The Labute approximate surface area is 458 Å². The van der Waals surface area contributed by atoms with E-state index in [0.717, 1.165) is 15.6 Å². The summed E-state index contributed by atoms with van der Waals surface area (Å²) in [7, 11) is 11.1. The fourth-order valence-corrected chi connectivity index (χ4v) is 9.76. The summed E-state index contributed by atoms with van der Waals surface area (Å²) in [6, 6.07) is 5.75. The summed E-state index contributed by atoms with van der Waals surface area (Å²) in [6.07, 6.45) is 0. The Bertz CT molecular complexity index is 2890. The van der Waals surface area contributed by atoms with Crippen LogP contribution in [0.1, 0.15) is 119 Å². The highest BCUT2D eigenvalue weighted by atomic mass is 79.9. The van der Waals surface area contributed by atoms with Crippen molar-refractivity contribution < 1.29 is 85.5 Å². The van der Waals surface area contributed by atoms with Crippen LogP contribution in [0.15, 0.2) is 22.7 Å². The van der Waals surface area contributed by atoms with Crippen LogP contribution in [-0.4, -0.2) is 93.7 Å². The van der Waals surface area contributed by atoms with Crippen molar-refractivity contribution in [1.29, 1.82) is 0 Å². The molecule has 0 heterocycles. The molecule has 0 saturated heterocycles. The number of carbonyl (C=O) groups excluding carboxylic acids is 4. The van der Waals surface area contributed by atoms with Crippen molar-refractivity contribution in [2.45, 2.75) is 109 Å². The number of methoxy groups -OCH3 is 8. The van der Waals surface area contributed by atoms with Gasteiger partial charge in [0.05, 0.1) is 28.4 Å². The molecule has 0 N–H and O–H groups in total. The molecule has 416 valence electrons. The van der Waals surface area contributed by atoms with Gasteiger partial charge in [0.15, 0.2) is 0 Å². The smallest absolute Gasteiger partial charge is 0.347 e. The number of ether oxygens (including phenoxy) is 14. The van der Waals surface area contributed by atoms with E-state index in [2.05, 4.69) is 15.9 Å². The van der Waals surface area contributed by atoms with Crippen molar-refractivity contribution in [3.63, 3.8) is 0 Å². The molecule has 5 aromatic carbocycles. The molecule has 0 saturated carbocycles. The van der Waals surface area contributed by atoms with E-state index in [1.54, 1.807) is 69.2 Å². The van der Waals surface area contributed by atoms with Crippen LogP contribution in [0.5, 0.6) is 46.0 Å². The lowest BCUT2D eigenvalue weighted by atomic mass is 9.95. The van der Waals surface area contributed by atoms with Gasteiger partial charge in [0.1, 0.15) is 81.5 Å². The molecule has 5 aromatic rings. The van der Waals surface area contributed by atoms with E-state index in [0.29, 0.717) is 78.3 Å². The number of rotatable bonds is 22. The molecule has 0 amide bonds. The van der Waals surface area contributed by atoms with Gasteiger partial charge in [-0.3, -0.25) is 0 Å². The molecular formula is C58H69BrO18. The quantitative estimate of drug-likeness (QED) is 0.0360. The Kier molecular flexibility index (Phi) is 20.6. The van der Waals surface area contributed by atoms with Crippen LogP contribution < -0.4 is 37.9 Å². The lowest BCUT2D eigenvalue weighted by molar-refractivity contribution is -0.236. The number of halogens is 1. The minimum absolute atomic E-state index is 0.130. The molecule has 77 heavy (non-hydrogen) atoms. The van der Waals surface area contributed by atoms with Crippen molar-refractivity contribution in [1.82, 2.24) is 0 Å². The highest BCUT2D eigenvalue weighted by Crippen LogP contribution is 2.45. The van der Waals surface area contributed by atoms with Crippen LogP contribution in [-0.2, 0) is 41.6 Å². The summed E-state index contributed by atoms with van der Waals surface area (Å²) >= 11 is 3.80. The van der Waals surface area contributed by atoms with Crippen molar-refractivity contribution >= 4 is 39.8 Å².